The number of anilines is 1. The van der Waals surface area contributed by atoms with Gasteiger partial charge in [-0.05, 0) is 48.4 Å². The molecule has 1 N–H and O–H groups in total. The summed E-state index contributed by atoms with van der Waals surface area (Å²) in [4.78, 5) is 16.4. The van der Waals surface area contributed by atoms with Crippen LogP contribution in [0.25, 0.3) is 11.0 Å². The Balaban J connectivity index is 1.74. The molecule has 6 nitrogen and oxygen atoms in total. The monoisotopic (exact) mass is 474 g/mol. The van der Waals surface area contributed by atoms with Crippen LogP contribution in [0.15, 0.2) is 57.9 Å². The van der Waals surface area contributed by atoms with Gasteiger partial charge >= 0.3 is 5.63 Å². The Kier molecular flexibility index (Phi) is 6.30. The number of ether oxygens (including phenoxy) is 1. The van der Waals surface area contributed by atoms with Crippen molar-refractivity contribution in [2.75, 3.05) is 11.0 Å². The number of halogens is 3. The molecule has 2 aromatic carbocycles. The van der Waals surface area contributed by atoms with E-state index < -0.39 is 40.3 Å². The van der Waals surface area contributed by atoms with Gasteiger partial charge in [-0.25, -0.2) is 23.3 Å². The van der Waals surface area contributed by atoms with Crippen LogP contribution in [0.2, 0.25) is 0 Å². The number of aryl methyl sites for hydroxylation is 1. The zero-order valence-corrected chi connectivity index (χ0v) is 18.3. The van der Waals surface area contributed by atoms with Crippen molar-refractivity contribution in [1.29, 1.82) is 0 Å². The van der Waals surface area contributed by atoms with E-state index in [1.165, 1.54) is 42.8 Å². The van der Waals surface area contributed by atoms with E-state index in [2.05, 4.69) is 9.71 Å². The molecule has 10 heteroatoms. The van der Waals surface area contributed by atoms with Crippen molar-refractivity contribution in [2.45, 2.75) is 13.3 Å². The Morgan fingerprint density at radius 2 is 1.91 bits per heavy atom. The zero-order chi connectivity index (χ0) is 23.7. The first-order valence-electron chi connectivity index (χ1n) is 9.67. The lowest BCUT2D eigenvalue weighted by Gasteiger charge is -2.13. The first-order chi connectivity index (χ1) is 15.8. The SMILES string of the molecule is Cc1c(Cc2cccc(N[S+](C)[O-])c2F)c(=O)oc2c(F)c(Oc3ncccc3F)ccc12. The quantitative estimate of drug-likeness (QED) is 0.313. The fourth-order valence-electron chi connectivity index (χ4n) is 3.38. The molecule has 0 fully saturated rings. The summed E-state index contributed by atoms with van der Waals surface area (Å²) in [5, 5.41) is 0.278. The Bertz CT molecular complexity index is 1410. The van der Waals surface area contributed by atoms with Crippen LogP contribution in [0.5, 0.6) is 11.6 Å². The topological polar surface area (TPSA) is 87.4 Å². The minimum atomic E-state index is -1.48. The summed E-state index contributed by atoms with van der Waals surface area (Å²) in [7, 11) is 0. The molecular formula is C23H17F3N2O4S. The summed E-state index contributed by atoms with van der Waals surface area (Å²) < 4.78 is 67.9. The van der Waals surface area contributed by atoms with Crippen LogP contribution in [0.4, 0.5) is 18.9 Å². The van der Waals surface area contributed by atoms with Gasteiger partial charge in [0, 0.05) is 23.6 Å². The molecule has 0 aliphatic carbocycles. The second-order valence-electron chi connectivity index (χ2n) is 7.15. The molecule has 0 amide bonds. The molecule has 0 saturated heterocycles. The first-order valence-corrected chi connectivity index (χ1v) is 11.2. The molecule has 4 rings (SSSR count). The van der Waals surface area contributed by atoms with Crippen LogP contribution in [-0.4, -0.2) is 15.8 Å². The number of aromatic nitrogens is 1. The standard InChI is InChI=1S/C23H17F3N2O4S/c1-12-14-8-9-18(31-22-16(24)6-4-10-27-22)20(26)21(14)32-23(29)15(12)11-13-5-3-7-17(19(13)25)28-33(2)30/h3-10,28H,11H2,1-2H3. The smallest absolute Gasteiger partial charge is 0.340 e. The third kappa shape index (κ3) is 4.53. The molecule has 4 aromatic rings. The third-order valence-electron chi connectivity index (χ3n) is 4.99. The van der Waals surface area contributed by atoms with Gasteiger partial charge in [-0.15, -0.1) is 0 Å². The van der Waals surface area contributed by atoms with Gasteiger partial charge < -0.3 is 13.7 Å². The van der Waals surface area contributed by atoms with Gasteiger partial charge in [0.1, 0.15) is 11.9 Å². The predicted octanol–water partition coefficient (Wildman–Crippen LogP) is 5.00. The summed E-state index contributed by atoms with van der Waals surface area (Å²) in [5.74, 6) is -3.22. The molecule has 0 aliphatic heterocycles. The molecule has 0 bridgehead atoms. The lowest BCUT2D eigenvalue weighted by molar-refractivity contribution is 0.395. The van der Waals surface area contributed by atoms with Crippen molar-refractivity contribution in [3.63, 3.8) is 0 Å². The number of benzene rings is 2. The lowest BCUT2D eigenvalue weighted by atomic mass is 9.99. The molecule has 0 saturated carbocycles. The van der Waals surface area contributed by atoms with Crippen molar-refractivity contribution < 1.29 is 26.9 Å². The van der Waals surface area contributed by atoms with Gasteiger partial charge in [0.05, 0.1) is 11.4 Å². The lowest BCUT2D eigenvalue weighted by Crippen LogP contribution is -2.14. The number of hydrogen-bond acceptors (Lipinski definition) is 6. The highest BCUT2D eigenvalue weighted by Gasteiger charge is 2.21. The maximum atomic E-state index is 15.0. The maximum Gasteiger partial charge on any atom is 0.340 e. The van der Waals surface area contributed by atoms with Gasteiger partial charge in [-0.3, -0.25) is 0 Å². The third-order valence-corrected chi connectivity index (χ3v) is 5.50. The predicted molar refractivity (Wildman–Crippen MR) is 118 cm³/mol. The molecule has 0 radical (unpaired) electrons. The number of nitrogens with zero attached hydrogens (tertiary/aromatic N) is 1. The molecule has 170 valence electrons. The van der Waals surface area contributed by atoms with Crippen molar-refractivity contribution in [3.05, 3.63) is 93.2 Å². The summed E-state index contributed by atoms with van der Waals surface area (Å²) >= 11 is -1.48. The molecule has 1 unspecified atom stereocenters. The van der Waals surface area contributed by atoms with Crippen LogP contribution in [-0.2, 0) is 17.8 Å². The van der Waals surface area contributed by atoms with E-state index in [0.29, 0.717) is 5.56 Å². The number of pyridine rings is 1. The Morgan fingerprint density at radius 1 is 1.12 bits per heavy atom. The van der Waals surface area contributed by atoms with Crippen LogP contribution in [0, 0.1) is 24.4 Å². The molecule has 1 atom stereocenters. The van der Waals surface area contributed by atoms with E-state index in [1.54, 1.807) is 13.0 Å². The van der Waals surface area contributed by atoms with Gasteiger partial charge in [0.25, 0.3) is 5.88 Å². The Morgan fingerprint density at radius 3 is 2.64 bits per heavy atom. The van der Waals surface area contributed by atoms with Crippen LogP contribution in [0.1, 0.15) is 16.7 Å². The normalized spacial score (nSPS) is 12.1. The molecule has 2 aromatic heterocycles. The molecule has 33 heavy (non-hydrogen) atoms. The van der Waals surface area contributed by atoms with Crippen LogP contribution >= 0.6 is 0 Å². The second kappa shape index (κ2) is 9.16. The average Bonchev–Trinajstić information content (AvgIpc) is 2.77. The fraction of sp³-hybridized carbons (Fsp3) is 0.130. The minimum Gasteiger partial charge on any atom is -0.593 e. The number of hydrogen-bond donors (Lipinski definition) is 1. The minimum absolute atomic E-state index is 0.0331. The summed E-state index contributed by atoms with van der Waals surface area (Å²) in [6, 6.07) is 9.68. The van der Waals surface area contributed by atoms with E-state index in [-0.39, 0.29) is 40.0 Å². The molecule has 0 aliphatic rings. The molecule has 2 heterocycles. The van der Waals surface area contributed by atoms with E-state index >= 15 is 4.39 Å². The second-order valence-corrected chi connectivity index (χ2v) is 8.26. The summed E-state index contributed by atoms with van der Waals surface area (Å²) in [6.45, 7) is 1.59. The van der Waals surface area contributed by atoms with Crippen molar-refractivity contribution >= 4 is 28.0 Å². The van der Waals surface area contributed by atoms with E-state index in [4.69, 9.17) is 9.15 Å². The fourth-order valence-corrected chi connectivity index (χ4v) is 3.84. The Hall–Kier alpha value is -3.50. The number of nitrogens with one attached hydrogen (secondary N) is 1. The Labute approximate surface area is 189 Å². The van der Waals surface area contributed by atoms with Gasteiger partial charge in [-0.1, -0.05) is 12.1 Å². The van der Waals surface area contributed by atoms with E-state index in [1.807, 2.05) is 0 Å². The largest absolute Gasteiger partial charge is 0.593 e. The summed E-state index contributed by atoms with van der Waals surface area (Å²) in [6.07, 6.45) is 2.53. The molecular weight excluding hydrogens is 457 g/mol. The number of rotatable bonds is 6. The maximum absolute atomic E-state index is 15.0. The van der Waals surface area contributed by atoms with Crippen molar-refractivity contribution in [3.8, 4) is 11.6 Å². The highest BCUT2D eigenvalue weighted by molar-refractivity contribution is 7.92. The van der Waals surface area contributed by atoms with Crippen LogP contribution < -0.4 is 15.1 Å². The average molecular weight is 474 g/mol. The number of fused-ring (bicyclic) bond motifs is 1. The van der Waals surface area contributed by atoms with E-state index in [0.717, 1.165) is 6.07 Å². The van der Waals surface area contributed by atoms with Gasteiger partial charge in [-0.2, -0.15) is 4.39 Å². The van der Waals surface area contributed by atoms with Crippen LogP contribution in [0.3, 0.4) is 0 Å². The highest BCUT2D eigenvalue weighted by Crippen LogP contribution is 2.32. The highest BCUT2D eigenvalue weighted by atomic mass is 32.2. The molecule has 0 spiro atoms. The van der Waals surface area contributed by atoms with Crippen molar-refractivity contribution in [2.24, 2.45) is 0 Å². The van der Waals surface area contributed by atoms with Gasteiger partial charge in [0.15, 0.2) is 23.0 Å². The van der Waals surface area contributed by atoms with E-state index in [9.17, 15) is 18.1 Å². The van der Waals surface area contributed by atoms with Gasteiger partial charge in [0.2, 0.25) is 5.82 Å². The van der Waals surface area contributed by atoms with Crippen molar-refractivity contribution in [1.82, 2.24) is 4.98 Å². The summed E-state index contributed by atoms with van der Waals surface area (Å²) in [5.41, 5.74) is -0.478. The first kappa shape index (κ1) is 22.7. The zero-order valence-electron chi connectivity index (χ0n) is 17.4.